The number of carbonyl (C=O) groups excluding carboxylic acids is 2. The SMILES string of the molecule is O=C(CCOc1cccc(Cl)c1)NC1CCN(C(=O)c2ccoc2)CC1. The Balaban J connectivity index is 1.36. The van der Waals surface area contributed by atoms with E-state index in [1.165, 1.54) is 12.5 Å². The first kappa shape index (κ1) is 18.3. The van der Waals surface area contributed by atoms with Crippen LogP contribution in [0.3, 0.4) is 0 Å². The van der Waals surface area contributed by atoms with Crippen molar-refractivity contribution in [3.8, 4) is 5.75 Å². The summed E-state index contributed by atoms with van der Waals surface area (Å²) in [5.74, 6) is 0.571. The maximum absolute atomic E-state index is 12.2. The van der Waals surface area contributed by atoms with Crippen LogP contribution in [0.2, 0.25) is 5.02 Å². The van der Waals surface area contributed by atoms with Gasteiger partial charge in [0.05, 0.1) is 24.9 Å². The average molecular weight is 377 g/mol. The standard InChI is InChI=1S/C19H21ClN2O4/c20-15-2-1-3-17(12-15)26-11-7-18(23)21-16-4-8-22(9-5-16)19(24)14-6-10-25-13-14/h1-3,6,10,12-13,16H,4-5,7-9,11H2,(H,21,23). The van der Waals surface area contributed by atoms with E-state index in [-0.39, 0.29) is 24.3 Å². The number of likely N-dealkylation sites (tertiary alicyclic amines) is 1. The lowest BCUT2D eigenvalue weighted by molar-refractivity contribution is -0.122. The van der Waals surface area contributed by atoms with E-state index in [1.54, 1.807) is 35.2 Å². The Labute approximate surface area is 157 Å². The van der Waals surface area contributed by atoms with E-state index in [0.29, 0.717) is 36.0 Å². The van der Waals surface area contributed by atoms with Crippen molar-refractivity contribution in [1.29, 1.82) is 0 Å². The monoisotopic (exact) mass is 376 g/mol. The number of rotatable bonds is 6. The molecule has 26 heavy (non-hydrogen) atoms. The van der Waals surface area contributed by atoms with Crippen LogP contribution in [0.25, 0.3) is 0 Å². The summed E-state index contributed by atoms with van der Waals surface area (Å²) in [6.45, 7) is 1.53. The molecule has 138 valence electrons. The second-order valence-corrected chi connectivity index (χ2v) is 6.64. The van der Waals surface area contributed by atoms with Gasteiger partial charge in [-0.3, -0.25) is 9.59 Å². The molecule has 2 amide bonds. The molecule has 0 unspecified atom stereocenters. The molecule has 1 saturated heterocycles. The third-order valence-electron chi connectivity index (χ3n) is 4.31. The number of nitrogens with zero attached hydrogens (tertiary/aromatic N) is 1. The molecule has 1 aromatic carbocycles. The Hall–Kier alpha value is -2.47. The number of hydrogen-bond acceptors (Lipinski definition) is 4. The normalized spacial score (nSPS) is 14.9. The fourth-order valence-corrected chi connectivity index (χ4v) is 3.09. The van der Waals surface area contributed by atoms with Gasteiger partial charge >= 0.3 is 0 Å². The number of piperidine rings is 1. The van der Waals surface area contributed by atoms with E-state index in [4.69, 9.17) is 20.8 Å². The highest BCUT2D eigenvalue weighted by molar-refractivity contribution is 6.30. The van der Waals surface area contributed by atoms with Gasteiger partial charge in [-0.1, -0.05) is 17.7 Å². The molecule has 1 aromatic heterocycles. The topological polar surface area (TPSA) is 71.8 Å². The van der Waals surface area contributed by atoms with Crippen molar-refractivity contribution in [1.82, 2.24) is 10.2 Å². The minimum absolute atomic E-state index is 0.0292. The number of benzene rings is 1. The molecule has 1 fully saturated rings. The van der Waals surface area contributed by atoms with Crippen LogP contribution >= 0.6 is 11.6 Å². The molecule has 1 aliphatic rings. The first-order chi connectivity index (χ1) is 12.6. The van der Waals surface area contributed by atoms with Gasteiger partial charge in [0.25, 0.3) is 5.91 Å². The largest absolute Gasteiger partial charge is 0.493 e. The Kier molecular flexibility index (Phi) is 6.17. The molecule has 2 aromatic rings. The summed E-state index contributed by atoms with van der Waals surface area (Å²) in [5, 5.41) is 3.61. The second-order valence-electron chi connectivity index (χ2n) is 6.20. The van der Waals surface area contributed by atoms with E-state index >= 15 is 0 Å². The first-order valence-electron chi connectivity index (χ1n) is 8.61. The van der Waals surface area contributed by atoms with Crippen molar-refractivity contribution < 1.29 is 18.7 Å². The Morgan fingerprint density at radius 3 is 2.77 bits per heavy atom. The number of ether oxygens (including phenoxy) is 1. The lowest BCUT2D eigenvalue weighted by atomic mass is 10.0. The van der Waals surface area contributed by atoms with Crippen LogP contribution in [0.15, 0.2) is 47.3 Å². The minimum atomic E-state index is -0.0494. The molecule has 0 spiro atoms. The van der Waals surface area contributed by atoms with Gasteiger partial charge in [0.15, 0.2) is 0 Å². The van der Waals surface area contributed by atoms with Crippen molar-refractivity contribution in [3.05, 3.63) is 53.4 Å². The lowest BCUT2D eigenvalue weighted by Crippen LogP contribution is -2.46. The molecule has 3 rings (SSSR count). The van der Waals surface area contributed by atoms with Gasteiger partial charge in [-0.05, 0) is 37.1 Å². The van der Waals surface area contributed by atoms with Crippen LogP contribution in [0.5, 0.6) is 5.75 Å². The number of nitrogens with one attached hydrogen (secondary N) is 1. The lowest BCUT2D eigenvalue weighted by Gasteiger charge is -2.32. The van der Waals surface area contributed by atoms with Crippen LogP contribution in [0, 0.1) is 0 Å². The van der Waals surface area contributed by atoms with Crippen LogP contribution in [-0.2, 0) is 4.79 Å². The van der Waals surface area contributed by atoms with Crippen molar-refractivity contribution in [2.45, 2.75) is 25.3 Å². The fraction of sp³-hybridized carbons (Fsp3) is 0.368. The predicted octanol–water partition coefficient (Wildman–Crippen LogP) is 3.12. The van der Waals surface area contributed by atoms with Gasteiger partial charge in [-0.25, -0.2) is 0 Å². The Morgan fingerprint density at radius 1 is 1.27 bits per heavy atom. The molecule has 0 saturated carbocycles. The molecule has 1 N–H and O–H groups in total. The molecule has 2 heterocycles. The zero-order chi connectivity index (χ0) is 18.4. The number of carbonyl (C=O) groups is 2. The number of halogens is 1. The van der Waals surface area contributed by atoms with Crippen molar-refractivity contribution in [2.75, 3.05) is 19.7 Å². The summed E-state index contributed by atoms with van der Waals surface area (Å²) in [4.78, 5) is 26.1. The third kappa shape index (κ3) is 5.02. The molecular formula is C19H21ClN2O4. The van der Waals surface area contributed by atoms with Crippen molar-refractivity contribution in [3.63, 3.8) is 0 Å². The molecule has 1 aliphatic heterocycles. The summed E-state index contributed by atoms with van der Waals surface area (Å²) in [6.07, 6.45) is 4.71. The van der Waals surface area contributed by atoms with Crippen LogP contribution in [0.1, 0.15) is 29.6 Å². The molecule has 0 aliphatic carbocycles. The zero-order valence-corrected chi connectivity index (χ0v) is 15.1. The second kappa shape index (κ2) is 8.76. The van der Waals surface area contributed by atoms with Gasteiger partial charge in [0, 0.05) is 24.2 Å². The molecule has 6 nitrogen and oxygen atoms in total. The predicted molar refractivity (Wildman–Crippen MR) is 97.3 cm³/mol. The molecule has 0 atom stereocenters. The smallest absolute Gasteiger partial charge is 0.257 e. The van der Waals surface area contributed by atoms with Gasteiger partial charge in [-0.15, -0.1) is 0 Å². The average Bonchev–Trinajstić information content (AvgIpc) is 3.16. The number of hydrogen-bond donors (Lipinski definition) is 1. The highest BCUT2D eigenvalue weighted by atomic mass is 35.5. The van der Waals surface area contributed by atoms with E-state index < -0.39 is 0 Å². The maximum atomic E-state index is 12.2. The van der Waals surface area contributed by atoms with Crippen molar-refractivity contribution >= 4 is 23.4 Å². The van der Waals surface area contributed by atoms with Crippen LogP contribution < -0.4 is 10.1 Å². The van der Waals surface area contributed by atoms with Crippen molar-refractivity contribution in [2.24, 2.45) is 0 Å². The van der Waals surface area contributed by atoms with E-state index in [9.17, 15) is 9.59 Å². The third-order valence-corrected chi connectivity index (χ3v) is 4.54. The number of amides is 2. The van der Waals surface area contributed by atoms with E-state index in [1.807, 2.05) is 0 Å². The van der Waals surface area contributed by atoms with E-state index in [0.717, 1.165) is 12.8 Å². The van der Waals surface area contributed by atoms with Gasteiger partial charge in [0.2, 0.25) is 5.91 Å². The summed E-state index contributed by atoms with van der Waals surface area (Å²) in [7, 11) is 0. The first-order valence-corrected chi connectivity index (χ1v) is 8.99. The Morgan fingerprint density at radius 2 is 2.08 bits per heavy atom. The number of furan rings is 1. The van der Waals surface area contributed by atoms with Gasteiger partial charge < -0.3 is 19.4 Å². The highest BCUT2D eigenvalue weighted by Gasteiger charge is 2.24. The summed E-state index contributed by atoms with van der Waals surface area (Å²) < 4.78 is 10.5. The van der Waals surface area contributed by atoms with Crippen LogP contribution in [0.4, 0.5) is 0 Å². The zero-order valence-electron chi connectivity index (χ0n) is 14.3. The summed E-state index contributed by atoms with van der Waals surface area (Å²) >= 11 is 5.89. The minimum Gasteiger partial charge on any atom is -0.493 e. The molecule has 7 heteroatoms. The van der Waals surface area contributed by atoms with Gasteiger partial charge in [0.1, 0.15) is 12.0 Å². The van der Waals surface area contributed by atoms with Crippen LogP contribution in [-0.4, -0.2) is 42.5 Å². The fourth-order valence-electron chi connectivity index (χ4n) is 2.91. The maximum Gasteiger partial charge on any atom is 0.257 e. The Bertz CT molecular complexity index is 740. The summed E-state index contributed by atoms with van der Waals surface area (Å²) in [5.41, 5.74) is 0.561. The molecular weight excluding hydrogens is 356 g/mol. The quantitative estimate of drug-likeness (QED) is 0.840. The van der Waals surface area contributed by atoms with Gasteiger partial charge in [-0.2, -0.15) is 0 Å². The highest BCUT2D eigenvalue weighted by Crippen LogP contribution is 2.17. The summed E-state index contributed by atoms with van der Waals surface area (Å²) in [6, 6.07) is 8.84. The molecule has 0 radical (unpaired) electrons. The van der Waals surface area contributed by atoms with E-state index in [2.05, 4.69) is 5.32 Å². The molecule has 0 bridgehead atoms.